The zero-order valence-corrected chi connectivity index (χ0v) is 58.6. The summed E-state index contributed by atoms with van der Waals surface area (Å²) in [4.78, 5) is 19.7. The van der Waals surface area contributed by atoms with Crippen LogP contribution in [0.25, 0.3) is 20.9 Å². The van der Waals surface area contributed by atoms with E-state index < -0.39 is 36.8 Å². The predicted octanol–water partition coefficient (Wildman–Crippen LogP) is 24.7. The van der Waals surface area contributed by atoms with Gasteiger partial charge in [-0.3, -0.25) is 0 Å². The Labute approximate surface area is 478 Å². The summed E-state index contributed by atoms with van der Waals surface area (Å²) in [6, 6.07) is 11.7. The molecule has 1 aromatic carbocycles. The van der Waals surface area contributed by atoms with Crippen molar-refractivity contribution in [3.8, 4) is 20.9 Å². The first-order valence-corrected chi connectivity index (χ1v) is 55.0. The van der Waals surface area contributed by atoms with E-state index >= 15 is 0 Å². The molecule has 0 aliphatic heterocycles. The molecule has 0 fully saturated rings. The van der Waals surface area contributed by atoms with Crippen LogP contribution < -0.4 is 5.79 Å². The van der Waals surface area contributed by atoms with Crippen LogP contribution in [0.1, 0.15) is 332 Å². The van der Waals surface area contributed by atoms with E-state index in [9.17, 15) is 0 Å². The SMILES string of the molecule is CCCCCCCCCCCCC1(CCCCCCCCCCCC)c2cc3c(cc2-c2s[c]([Sn]([CH3])([CH3])[CH3])cc21)C(CCCCCCCCCCCC)(CCCCCCCCCCCC)c1c[c]([Sn]([CH3])([CH3])[CH3])sc1-3. The average molecular weight is 1270 g/mol. The molecule has 74 heavy (non-hydrogen) atoms. The van der Waals surface area contributed by atoms with Gasteiger partial charge in [-0.2, -0.15) is 0 Å². The first kappa shape index (κ1) is 65.0. The van der Waals surface area contributed by atoms with Gasteiger partial charge < -0.3 is 0 Å². The van der Waals surface area contributed by atoms with Gasteiger partial charge in [-0.25, -0.2) is 0 Å². The average Bonchev–Trinajstić information content (AvgIpc) is 4.14. The number of hydrogen-bond donors (Lipinski definition) is 0. The van der Waals surface area contributed by atoms with Gasteiger partial charge in [0.1, 0.15) is 0 Å². The summed E-state index contributed by atoms with van der Waals surface area (Å²) in [5, 5.41) is 0. The molecule has 3 aromatic rings. The van der Waals surface area contributed by atoms with Crippen LogP contribution >= 0.6 is 22.7 Å². The number of unbranched alkanes of at least 4 members (excludes halogenated alkanes) is 36. The van der Waals surface area contributed by atoms with Crippen LogP contribution in [0.3, 0.4) is 0 Å². The molecule has 5 rings (SSSR count). The van der Waals surface area contributed by atoms with Gasteiger partial charge >= 0.3 is 379 Å². The van der Waals surface area contributed by atoms with E-state index in [1.807, 2.05) is 16.9 Å². The molecule has 2 aliphatic rings. The molecule has 2 aliphatic carbocycles. The molecule has 0 saturated carbocycles. The Kier molecular flexibility index (Phi) is 30.9. The van der Waals surface area contributed by atoms with Gasteiger partial charge in [0.2, 0.25) is 0 Å². The number of hydrogen-bond acceptors (Lipinski definition) is 2. The van der Waals surface area contributed by atoms with Crippen molar-refractivity contribution in [3.63, 3.8) is 0 Å². The molecular weight excluding hydrogens is 1140 g/mol. The van der Waals surface area contributed by atoms with Crippen molar-refractivity contribution in [2.45, 2.75) is 351 Å². The van der Waals surface area contributed by atoms with Crippen molar-refractivity contribution >= 4 is 65.2 Å². The maximum absolute atomic E-state index is 2.96. The first-order valence-electron chi connectivity index (χ1n) is 33.4. The zero-order chi connectivity index (χ0) is 53.1. The number of fused-ring (bicyclic) bond motifs is 6. The molecule has 0 amide bonds. The third-order valence-corrected chi connectivity index (χ3v) is 39.7. The van der Waals surface area contributed by atoms with E-state index in [2.05, 4.69) is 104 Å². The monoisotopic (exact) mass is 1270 g/mol. The van der Waals surface area contributed by atoms with E-state index in [1.165, 1.54) is 283 Å². The minimum absolute atomic E-state index is 0.174. The normalized spacial score (nSPS) is 14.5. The van der Waals surface area contributed by atoms with Crippen LogP contribution in [0.5, 0.6) is 0 Å². The van der Waals surface area contributed by atoms with Gasteiger partial charge in [0, 0.05) is 0 Å². The van der Waals surface area contributed by atoms with Gasteiger partial charge in [-0.15, -0.1) is 0 Å². The van der Waals surface area contributed by atoms with Gasteiger partial charge in [0.05, 0.1) is 0 Å². The second-order valence-electron chi connectivity index (χ2n) is 27.0. The van der Waals surface area contributed by atoms with Crippen LogP contribution in [-0.2, 0) is 10.8 Å². The van der Waals surface area contributed by atoms with Gasteiger partial charge in [-0.1, -0.05) is 105 Å². The third-order valence-electron chi connectivity index (χ3n) is 18.5. The second-order valence-corrected chi connectivity index (χ2v) is 60.0. The zero-order valence-electron chi connectivity index (χ0n) is 51.2. The van der Waals surface area contributed by atoms with Crippen molar-refractivity contribution in [1.82, 2.24) is 0 Å². The summed E-state index contributed by atoms with van der Waals surface area (Å²) >= 11 is -0.133. The van der Waals surface area contributed by atoms with Crippen molar-refractivity contribution in [1.29, 1.82) is 0 Å². The molecule has 0 bridgehead atoms. The molecule has 0 saturated heterocycles. The fourth-order valence-electron chi connectivity index (χ4n) is 13.7. The molecule has 422 valence electrons. The first-order chi connectivity index (χ1) is 35.9. The van der Waals surface area contributed by atoms with E-state index in [0.29, 0.717) is 0 Å². The predicted molar refractivity (Wildman–Crippen MR) is 346 cm³/mol. The Hall–Kier alpha value is 0.217. The molecule has 0 unspecified atom stereocenters. The molecule has 0 N–H and O–H groups in total. The Balaban J connectivity index is 1.51. The van der Waals surface area contributed by atoms with E-state index in [-0.39, 0.29) is 10.8 Å². The van der Waals surface area contributed by atoms with Crippen LogP contribution in [0, 0.1) is 0 Å². The summed E-state index contributed by atoms with van der Waals surface area (Å²) < 4.78 is 3.66. The standard InChI is InChI=1S/C64H104S2.6CH3.2Sn/c1-5-9-13-17-21-25-29-33-37-41-47-63(48-42-38-34-30-26-22-18-14-10-6-2)57-45-51-65-61(57)55-54-60-56(53-59(55)63)62-58(46-52-66-62)64(60,49-43-39-35-31-27-23-19-15-11-7-3)50-44-40-36-32-28-24-20-16-12-8-4;;;;;;;;/h45-46,53-54H,5-44,47-50H2,1-4H3;6*1H3;;. The molecule has 0 spiro atoms. The number of thiophene rings is 2. The van der Waals surface area contributed by atoms with Crippen LogP contribution in [0.4, 0.5) is 0 Å². The topological polar surface area (TPSA) is 0 Å². The van der Waals surface area contributed by atoms with Crippen molar-refractivity contribution in [2.75, 3.05) is 0 Å². The fraction of sp³-hybridized carbons (Fsp3) is 0.800. The van der Waals surface area contributed by atoms with Crippen molar-refractivity contribution in [3.05, 3.63) is 46.5 Å². The summed E-state index contributed by atoms with van der Waals surface area (Å²) in [6.07, 6.45) is 62.4. The Bertz CT molecular complexity index is 1760. The summed E-state index contributed by atoms with van der Waals surface area (Å²) in [5.41, 5.74) is 11.0. The van der Waals surface area contributed by atoms with Crippen molar-refractivity contribution in [2.24, 2.45) is 0 Å². The minimum atomic E-state index is -2.37. The molecule has 2 aromatic heterocycles. The summed E-state index contributed by atoms with van der Waals surface area (Å²) in [6.45, 7) is 9.40. The van der Waals surface area contributed by atoms with Gasteiger partial charge in [0.25, 0.3) is 0 Å². The van der Waals surface area contributed by atoms with Crippen LogP contribution in [-0.4, -0.2) is 36.8 Å². The van der Waals surface area contributed by atoms with Crippen LogP contribution in [0.15, 0.2) is 24.3 Å². The third kappa shape index (κ3) is 19.7. The van der Waals surface area contributed by atoms with E-state index in [0.717, 1.165) is 0 Å². The van der Waals surface area contributed by atoms with Gasteiger partial charge in [-0.05, 0) is 0 Å². The van der Waals surface area contributed by atoms with E-state index in [1.54, 1.807) is 32.0 Å². The molecular formula is C70H122S2Sn2. The molecule has 0 atom stereocenters. The summed E-state index contributed by atoms with van der Waals surface area (Å²) in [5.74, 6) is 0. The van der Waals surface area contributed by atoms with Crippen molar-refractivity contribution < 1.29 is 0 Å². The van der Waals surface area contributed by atoms with Crippen LogP contribution in [0.2, 0.25) is 29.6 Å². The Morgan fingerprint density at radius 2 is 0.473 bits per heavy atom. The maximum atomic E-state index is 2.96. The quantitative estimate of drug-likeness (QED) is 0.0391. The molecule has 2 heterocycles. The van der Waals surface area contributed by atoms with E-state index in [4.69, 9.17) is 0 Å². The second kappa shape index (κ2) is 35.2. The number of rotatable bonds is 46. The molecule has 0 radical (unpaired) electrons. The fourth-order valence-corrected chi connectivity index (χ4v) is 26.7. The summed E-state index contributed by atoms with van der Waals surface area (Å²) in [7, 11) is 0. The Morgan fingerprint density at radius 1 is 0.270 bits per heavy atom. The Morgan fingerprint density at radius 3 is 0.676 bits per heavy atom. The molecule has 0 nitrogen and oxygen atoms in total. The number of benzene rings is 1. The van der Waals surface area contributed by atoms with Gasteiger partial charge in [0.15, 0.2) is 0 Å². The molecule has 4 heteroatoms.